The van der Waals surface area contributed by atoms with Crippen LogP contribution in [-0.4, -0.2) is 0 Å². The third-order valence-corrected chi connectivity index (χ3v) is 2.78. The van der Waals surface area contributed by atoms with Gasteiger partial charge in [0.1, 0.15) is 11.5 Å². The van der Waals surface area contributed by atoms with Gasteiger partial charge in [-0.25, -0.2) is 0 Å². The van der Waals surface area contributed by atoms with Crippen LogP contribution in [0.2, 0.25) is 0 Å². The number of hydrogen-bond acceptors (Lipinski definition) is 1. The molecule has 2 aliphatic rings. The van der Waals surface area contributed by atoms with E-state index in [1.54, 1.807) is 0 Å². The van der Waals surface area contributed by atoms with E-state index in [4.69, 9.17) is 4.74 Å². The summed E-state index contributed by atoms with van der Waals surface area (Å²) in [4.78, 5) is 0. The highest BCUT2D eigenvalue weighted by atomic mass is 16.5. The second-order valence-corrected chi connectivity index (χ2v) is 3.76. The van der Waals surface area contributed by atoms with Crippen molar-refractivity contribution in [3.63, 3.8) is 0 Å². The lowest BCUT2D eigenvalue weighted by Crippen LogP contribution is -2.11. The first-order valence-corrected chi connectivity index (χ1v) is 5.09. The Morgan fingerprint density at radius 3 is 2.86 bits per heavy atom. The van der Waals surface area contributed by atoms with Gasteiger partial charge >= 0.3 is 0 Å². The zero-order chi connectivity index (χ0) is 9.38. The quantitative estimate of drug-likeness (QED) is 0.601. The first kappa shape index (κ1) is 7.86. The van der Waals surface area contributed by atoms with Gasteiger partial charge in [-0.2, -0.15) is 0 Å². The van der Waals surface area contributed by atoms with Gasteiger partial charge in [-0.3, -0.25) is 0 Å². The summed E-state index contributed by atoms with van der Waals surface area (Å²) >= 11 is 0. The van der Waals surface area contributed by atoms with Crippen LogP contribution in [0.15, 0.2) is 47.7 Å². The number of fused-ring (bicyclic) bond motifs is 2. The minimum absolute atomic E-state index is 1.03. The van der Waals surface area contributed by atoms with Gasteiger partial charge in [0.25, 0.3) is 0 Å². The molecular formula is C13H12O. The summed E-state index contributed by atoms with van der Waals surface area (Å²) in [5.41, 5.74) is 2.66. The number of para-hydroxylation sites is 1. The number of benzene rings is 1. The van der Waals surface area contributed by atoms with Crippen LogP contribution >= 0.6 is 0 Å². The average Bonchev–Trinajstić information content (AvgIpc) is 2.26. The topological polar surface area (TPSA) is 9.23 Å². The average molecular weight is 184 g/mol. The third-order valence-electron chi connectivity index (χ3n) is 2.78. The normalized spacial score (nSPS) is 18.6. The molecule has 0 spiro atoms. The smallest absolute Gasteiger partial charge is 0.130 e. The maximum absolute atomic E-state index is 5.83. The van der Waals surface area contributed by atoms with Crippen LogP contribution in [0.25, 0.3) is 0 Å². The maximum Gasteiger partial charge on any atom is 0.130 e. The molecule has 1 heterocycles. The van der Waals surface area contributed by atoms with E-state index in [-0.39, 0.29) is 0 Å². The summed E-state index contributed by atoms with van der Waals surface area (Å²) in [6.45, 7) is 0. The van der Waals surface area contributed by atoms with Crippen molar-refractivity contribution in [2.24, 2.45) is 0 Å². The Morgan fingerprint density at radius 1 is 1.00 bits per heavy atom. The van der Waals surface area contributed by atoms with Crippen LogP contribution in [0.4, 0.5) is 0 Å². The largest absolute Gasteiger partial charge is 0.457 e. The molecule has 0 unspecified atom stereocenters. The van der Waals surface area contributed by atoms with Crippen LogP contribution in [0, 0.1) is 0 Å². The van der Waals surface area contributed by atoms with E-state index in [1.165, 1.54) is 11.1 Å². The van der Waals surface area contributed by atoms with E-state index in [9.17, 15) is 0 Å². The molecule has 1 aliphatic heterocycles. The molecule has 0 fully saturated rings. The highest BCUT2D eigenvalue weighted by molar-refractivity contribution is 5.47. The fraction of sp³-hybridized carbons (Fsp3) is 0.231. The molecule has 1 aromatic rings. The number of rotatable bonds is 0. The van der Waals surface area contributed by atoms with Gasteiger partial charge in [0, 0.05) is 6.42 Å². The van der Waals surface area contributed by atoms with Crippen molar-refractivity contribution in [3.05, 3.63) is 53.3 Å². The predicted octanol–water partition coefficient (Wildman–Crippen LogP) is 3.23. The first-order valence-electron chi connectivity index (χ1n) is 5.09. The highest BCUT2D eigenvalue weighted by Gasteiger charge is 2.19. The van der Waals surface area contributed by atoms with Gasteiger partial charge in [0.05, 0.1) is 0 Å². The molecule has 1 heteroatoms. The van der Waals surface area contributed by atoms with Gasteiger partial charge in [-0.15, -0.1) is 0 Å². The van der Waals surface area contributed by atoms with Crippen molar-refractivity contribution >= 4 is 0 Å². The van der Waals surface area contributed by atoms with Crippen molar-refractivity contribution in [2.45, 2.75) is 19.3 Å². The standard InChI is InChI=1S/C13H12O/c1-3-7-12-10(5-1)9-11-6-2-4-8-13(11)14-12/h1,3,5-8H,2,4,9H2. The Morgan fingerprint density at radius 2 is 1.86 bits per heavy atom. The Kier molecular flexibility index (Phi) is 1.69. The van der Waals surface area contributed by atoms with Gasteiger partial charge in [-0.05, 0) is 36.1 Å². The molecule has 0 saturated carbocycles. The molecule has 0 bridgehead atoms. The molecule has 14 heavy (non-hydrogen) atoms. The summed E-state index contributed by atoms with van der Waals surface area (Å²) in [6.07, 6.45) is 7.80. The summed E-state index contributed by atoms with van der Waals surface area (Å²) in [7, 11) is 0. The monoisotopic (exact) mass is 184 g/mol. The van der Waals surface area contributed by atoms with Crippen LogP contribution < -0.4 is 4.74 Å². The molecule has 1 nitrogen and oxygen atoms in total. The minimum atomic E-state index is 1.03. The van der Waals surface area contributed by atoms with Crippen molar-refractivity contribution in [1.82, 2.24) is 0 Å². The highest BCUT2D eigenvalue weighted by Crippen LogP contribution is 2.34. The van der Waals surface area contributed by atoms with Gasteiger partial charge in [-0.1, -0.05) is 24.3 Å². The SMILES string of the molecule is C1=C2Cc3ccccc3OC2=CCC1. The van der Waals surface area contributed by atoms with E-state index < -0.39 is 0 Å². The zero-order valence-electron chi connectivity index (χ0n) is 7.99. The molecule has 3 rings (SSSR count). The first-order chi connectivity index (χ1) is 6.93. The fourth-order valence-corrected chi connectivity index (χ4v) is 2.04. The summed E-state index contributed by atoms with van der Waals surface area (Å²) in [5, 5.41) is 0. The van der Waals surface area contributed by atoms with Gasteiger partial charge in [0.15, 0.2) is 0 Å². The Bertz CT molecular complexity index is 386. The molecule has 0 radical (unpaired) electrons. The molecule has 70 valence electrons. The third kappa shape index (κ3) is 1.17. The summed E-state index contributed by atoms with van der Waals surface area (Å²) in [5.74, 6) is 2.10. The van der Waals surface area contributed by atoms with Crippen LogP contribution in [0.1, 0.15) is 18.4 Å². The summed E-state index contributed by atoms with van der Waals surface area (Å²) < 4.78 is 5.83. The molecule has 0 aromatic heterocycles. The Labute approximate surface area is 83.7 Å². The van der Waals surface area contributed by atoms with E-state index >= 15 is 0 Å². The van der Waals surface area contributed by atoms with E-state index in [0.29, 0.717) is 0 Å². The lowest BCUT2D eigenvalue weighted by molar-refractivity contribution is 0.409. The van der Waals surface area contributed by atoms with Crippen molar-refractivity contribution in [1.29, 1.82) is 0 Å². The second-order valence-electron chi connectivity index (χ2n) is 3.76. The van der Waals surface area contributed by atoms with Gasteiger partial charge in [0.2, 0.25) is 0 Å². The number of allylic oxidation sites excluding steroid dienone is 3. The van der Waals surface area contributed by atoms with Gasteiger partial charge < -0.3 is 4.74 Å². The molecule has 0 saturated heterocycles. The molecule has 0 amide bonds. The molecule has 0 atom stereocenters. The number of hydrogen-bond donors (Lipinski definition) is 0. The van der Waals surface area contributed by atoms with E-state index in [1.807, 2.05) is 12.1 Å². The van der Waals surface area contributed by atoms with Crippen molar-refractivity contribution in [3.8, 4) is 5.75 Å². The van der Waals surface area contributed by atoms with E-state index in [0.717, 1.165) is 30.8 Å². The molecular weight excluding hydrogens is 172 g/mol. The minimum Gasteiger partial charge on any atom is -0.457 e. The maximum atomic E-state index is 5.83. The predicted molar refractivity (Wildman–Crippen MR) is 56.2 cm³/mol. The molecule has 1 aromatic carbocycles. The van der Waals surface area contributed by atoms with Crippen molar-refractivity contribution in [2.75, 3.05) is 0 Å². The number of ether oxygens (including phenoxy) is 1. The Hall–Kier alpha value is -1.50. The molecule has 0 N–H and O–H groups in total. The van der Waals surface area contributed by atoms with Crippen LogP contribution in [0.3, 0.4) is 0 Å². The fourth-order valence-electron chi connectivity index (χ4n) is 2.04. The van der Waals surface area contributed by atoms with Crippen LogP contribution in [0.5, 0.6) is 5.75 Å². The van der Waals surface area contributed by atoms with Crippen LogP contribution in [-0.2, 0) is 6.42 Å². The lowest BCUT2D eigenvalue weighted by atomic mass is 9.95. The second kappa shape index (κ2) is 3.02. The lowest BCUT2D eigenvalue weighted by Gasteiger charge is -2.24. The Balaban J connectivity index is 2.07. The zero-order valence-corrected chi connectivity index (χ0v) is 7.99. The summed E-state index contributed by atoms with van der Waals surface area (Å²) in [6, 6.07) is 8.28. The van der Waals surface area contributed by atoms with Crippen molar-refractivity contribution < 1.29 is 4.74 Å². The molecule has 1 aliphatic carbocycles. The van der Waals surface area contributed by atoms with E-state index in [2.05, 4.69) is 24.3 Å².